The minimum Gasteiger partial charge on any atom is -0.259 e. The average Bonchev–Trinajstić information content (AvgIpc) is 2.98. The summed E-state index contributed by atoms with van der Waals surface area (Å²) in [6, 6.07) is 19.8. The molecule has 0 aliphatic heterocycles. The highest BCUT2D eigenvalue weighted by Gasteiger charge is 2.34. The Morgan fingerprint density at radius 2 is 1.54 bits per heavy atom. The summed E-state index contributed by atoms with van der Waals surface area (Å²) in [6.45, 7) is 4.42. The van der Waals surface area contributed by atoms with Crippen molar-refractivity contribution in [2.75, 3.05) is 0 Å². The molecular formula is C23H19F3N2. The van der Waals surface area contributed by atoms with Gasteiger partial charge in [-0.3, -0.25) is 4.68 Å². The van der Waals surface area contributed by atoms with Crippen molar-refractivity contribution in [2.24, 2.45) is 0 Å². The molecule has 1 aromatic heterocycles. The van der Waals surface area contributed by atoms with Crippen molar-refractivity contribution in [3.8, 4) is 11.3 Å². The monoisotopic (exact) mass is 380 g/mol. The Hall–Kier alpha value is -3.08. The molecule has 142 valence electrons. The summed E-state index contributed by atoms with van der Waals surface area (Å²) in [5.74, 6) is 0. The fraction of sp³-hybridized carbons (Fsp3) is 0.174. The zero-order valence-electron chi connectivity index (χ0n) is 15.6. The fourth-order valence-corrected chi connectivity index (χ4v) is 3.73. The predicted octanol–water partition coefficient (Wildman–Crippen LogP) is 6.39. The second-order valence-corrected chi connectivity index (χ2v) is 7.07. The number of aryl methyl sites for hydroxylation is 2. The van der Waals surface area contributed by atoms with E-state index >= 15 is 0 Å². The van der Waals surface area contributed by atoms with Crippen LogP contribution in [0.1, 0.15) is 22.3 Å². The smallest absolute Gasteiger partial charge is 0.259 e. The van der Waals surface area contributed by atoms with Crippen LogP contribution < -0.4 is 0 Å². The maximum atomic E-state index is 13.5. The van der Waals surface area contributed by atoms with Crippen LogP contribution in [-0.4, -0.2) is 9.78 Å². The third kappa shape index (κ3) is 3.40. The van der Waals surface area contributed by atoms with Crippen LogP contribution in [-0.2, 0) is 12.7 Å². The van der Waals surface area contributed by atoms with E-state index in [0.717, 1.165) is 28.3 Å². The van der Waals surface area contributed by atoms with Gasteiger partial charge in [-0.25, -0.2) is 0 Å². The number of rotatable bonds is 3. The summed E-state index contributed by atoms with van der Waals surface area (Å²) in [4.78, 5) is 0. The number of hydrogen-bond donors (Lipinski definition) is 0. The number of nitrogens with zero attached hydrogens (tertiary/aromatic N) is 2. The number of hydrogen-bond acceptors (Lipinski definition) is 1. The van der Waals surface area contributed by atoms with Gasteiger partial charge < -0.3 is 0 Å². The molecule has 5 heteroatoms. The molecule has 0 saturated heterocycles. The van der Waals surface area contributed by atoms with Gasteiger partial charge in [-0.15, -0.1) is 0 Å². The van der Waals surface area contributed by atoms with Gasteiger partial charge in [0.25, 0.3) is 0 Å². The Kier molecular flexibility index (Phi) is 4.46. The molecular weight excluding hydrogens is 361 g/mol. The second kappa shape index (κ2) is 6.82. The van der Waals surface area contributed by atoms with Gasteiger partial charge in [-0.2, -0.15) is 18.3 Å². The molecule has 0 aliphatic rings. The molecule has 0 amide bonds. The van der Waals surface area contributed by atoms with E-state index in [1.54, 1.807) is 10.7 Å². The van der Waals surface area contributed by atoms with Crippen LogP contribution in [0.2, 0.25) is 0 Å². The summed E-state index contributed by atoms with van der Waals surface area (Å²) in [5, 5.41) is 4.91. The molecule has 3 aromatic carbocycles. The molecule has 2 nitrogen and oxygen atoms in total. The first-order valence-corrected chi connectivity index (χ1v) is 9.02. The van der Waals surface area contributed by atoms with Crippen LogP contribution >= 0.6 is 0 Å². The molecule has 0 unspecified atom stereocenters. The number of aromatic nitrogens is 2. The zero-order valence-corrected chi connectivity index (χ0v) is 15.6. The van der Waals surface area contributed by atoms with E-state index in [1.807, 2.05) is 56.3 Å². The highest BCUT2D eigenvalue weighted by molar-refractivity contribution is 5.95. The van der Waals surface area contributed by atoms with E-state index in [-0.39, 0.29) is 5.52 Å². The molecule has 0 aliphatic carbocycles. The second-order valence-electron chi connectivity index (χ2n) is 7.07. The lowest BCUT2D eigenvalue weighted by Gasteiger charge is -2.10. The molecule has 28 heavy (non-hydrogen) atoms. The van der Waals surface area contributed by atoms with Gasteiger partial charge in [0.05, 0.1) is 17.8 Å². The summed E-state index contributed by atoms with van der Waals surface area (Å²) < 4.78 is 42.3. The van der Waals surface area contributed by atoms with Crippen LogP contribution in [0.25, 0.3) is 22.2 Å². The minimum absolute atomic E-state index is 0.0155. The molecule has 0 spiro atoms. The quantitative estimate of drug-likeness (QED) is 0.403. The highest BCUT2D eigenvalue weighted by atomic mass is 19.4. The van der Waals surface area contributed by atoms with E-state index in [9.17, 15) is 13.2 Å². The normalized spacial score (nSPS) is 11.9. The third-order valence-corrected chi connectivity index (χ3v) is 4.74. The number of halogens is 3. The maximum absolute atomic E-state index is 13.5. The molecule has 0 bridgehead atoms. The highest BCUT2D eigenvalue weighted by Crippen LogP contribution is 2.38. The molecule has 4 aromatic rings. The lowest BCUT2D eigenvalue weighted by molar-refractivity contribution is -0.136. The number of alkyl halides is 3. The van der Waals surface area contributed by atoms with Gasteiger partial charge >= 0.3 is 6.18 Å². The number of fused-ring (bicyclic) bond motifs is 1. The average molecular weight is 380 g/mol. The van der Waals surface area contributed by atoms with Crippen LogP contribution in [0, 0.1) is 13.8 Å². The van der Waals surface area contributed by atoms with Gasteiger partial charge in [-0.05, 0) is 25.5 Å². The first kappa shape index (κ1) is 18.3. The van der Waals surface area contributed by atoms with Crippen LogP contribution in [0.3, 0.4) is 0 Å². The molecule has 0 atom stereocenters. The number of benzene rings is 3. The SMILES string of the molecule is Cc1cc(C)cc(Cn2nc3c(C(F)(F)F)cccc3c2-c2ccccc2)c1. The lowest BCUT2D eigenvalue weighted by Crippen LogP contribution is -2.07. The molecule has 4 rings (SSSR count). The molecule has 0 saturated carbocycles. The van der Waals surface area contributed by atoms with Gasteiger partial charge in [0, 0.05) is 10.9 Å². The summed E-state index contributed by atoms with van der Waals surface area (Å²) in [6.07, 6.45) is -4.45. The summed E-state index contributed by atoms with van der Waals surface area (Å²) >= 11 is 0. The van der Waals surface area contributed by atoms with Crippen molar-refractivity contribution in [1.82, 2.24) is 9.78 Å². The van der Waals surface area contributed by atoms with Crippen molar-refractivity contribution in [3.05, 3.63) is 89.0 Å². The maximum Gasteiger partial charge on any atom is 0.418 e. The van der Waals surface area contributed by atoms with Gasteiger partial charge in [-0.1, -0.05) is 71.8 Å². The predicted molar refractivity (Wildman–Crippen MR) is 105 cm³/mol. The van der Waals surface area contributed by atoms with Gasteiger partial charge in [0.15, 0.2) is 0 Å². The Balaban J connectivity index is 1.96. The van der Waals surface area contributed by atoms with Gasteiger partial charge in [0.1, 0.15) is 5.52 Å². The van der Waals surface area contributed by atoms with E-state index in [2.05, 4.69) is 11.2 Å². The molecule has 0 N–H and O–H groups in total. The Morgan fingerprint density at radius 3 is 2.18 bits per heavy atom. The van der Waals surface area contributed by atoms with E-state index < -0.39 is 11.7 Å². The van der Waals surface area contributed by atoms with Crippen molar-refractivity contribution >= 4 is 10.9 Å². The third-order valence-electron chi connectivity index (χ3n) is 4.74. The first-order chi connectivity index (χ1) is 13.3. The Morgan fingerprint density at radius 1 is 0.857 bits per heavy atom. The molecule has 0 fully saturated rings. The van der Waals surface area contributed by atoms with E-state index in [1.165, 1.54) is 6.07 Å². The Bertz CT molecular complexity index is 1120. The molecule has 1 heterocycles. The summed E-state index contributed by atoms with van der Waals surface area (Å²) in [5.41, 5.74) is 4.05. The van der Waals surface area contributed by atoms with Crippen molar-refractivity contribution in [3.63, 3.8) is 0 Å². The van der Waals surface area contributed by atoms with Crippen molar-refractivity contribution in [2.45, 2.75) is 26.6 Å². The summed E-state index contributed by atoms with van der Waals surface area (Å²) in [7, 11) is 0. The van der Waals surface area contributed by atoms with Crippen molar-refractivity contribution < 1.29 is 13.2 Å². The Labute approximate surface area is 161 Å². The molecule has 0 radical (unpaired) electrons. The van der Waals surface area contributed by atoms with Crippen LogP contribution in [0.4, 0.5) is 13.2 Å². The van der Waals surface area contributed by atoms with E-state index in [4.69, 9.17) is 0 Å². The van der Waals surface area contributed by atoms with Crippen LogP contribution in [0.5, 0.6) is 0 Å². The van der Waals surface area contributed by atoms with Crippen molar-refractivity contribution in [1.29, 1.82) is 0 Å². The topological polar surface area (TPSA) is 17.8 Å². The van der Waals surface area contributed by atoms with E-state index in [0.29, 0.717) is 17.6 Å². The standard InChI is InChI=1S/C23H19F3N2/c1-15-11-16(2)13-17(12-15)14-28-22(18-7-4-3-5-8-18)19-9-6-10-20(21(19)27-28)23(24,25)26/h3-13H,14H2,1-2H3. The van der Waals surface area contributed by atoms with Gasteiger partial charge in [0.2, 0.25) is 0 Å². The lowest BCUT2D eigenvalue weighted by atomic mass is 10.0. The first-order valence-electron chi connectivity index (χ1n) is 9.02. The zero-order chi connectivity index (χ0) is 19.9. The fourth-order valence-electron chi connectivity index (χ4n) is 3.73. The minimum atomic E-state index is -4.45. The largest absolute Gasteiger partial charge is 0.418 e. The van der Waals surface area contributed by atoms with Crippen LogP contribution in [0.15, 0.2) is 66.7 Å².